The van der Waals surface area contributed by atoms with E-state index in [1.807, 2.05) is 46.7 Å². The van der Waals surface area contributed by atoms with Gasteiger partial charge in [0.05, 0.1) is 0 Å². The van der Waals surface area contributed by atoms with Crippen molar-refractivity contribution in [3.8, 4) is 0 Å². The van der Waals surface area contributed by atoms with Crippen molar-refractivity contribution in [1.29, 1.82) is 0 Å². The van der Waals surface area contributed by atoms with E-state index < -0.39 is 5.60 Å². The summed E-state index contributed by atoms with van der Waals surface area (Å²) in [5.74, 6) is 1.06. The normalized spacial score (nSPS) is 14.0. The highest BCUT2D eigenvalue weighted by molar-refractivity contribution is 5.90. The topological polar surface area (TPSA) is 35.8 Å². The fourth-order valence-electron chi connectivity index (χ4n) is 1.92. The summed E-state index contributed by atoms with van der Waals surface area (Å²) in [6.07, 6.45) is 0. The van der Waals surface area contributed by atoms with E-state index in [-0.39, 0.29) is 11.8 Å². The summed E-state index contributed by atoms with van der Waals surface area (Å²) < 4.78 is 0. The molecule has 0 heterocycles. The summed E-state index contributed by atoms with van der Waals surface area (Å²) >= 11 is 0. The molecule has 0 atom stereocenters. The third-order valence-corrected chi connectivity index (χ3v) is 2.75. The second-order valence-corrected chi connectivity index (χ2v) is 4.58. The number of rotatable bonds is 3. The van der Waals surface area contributed by atoms with E-state index in [4.69, 9.17) is 0 Å². The van der Waals surface area contributed by atoms with Crippen LogP contribution in [-0.4, -0.2) is 42.6 Å². The number of nitrogens with zero attached hydrogens (tertiary/aromatic N) is 2. The van der Waals surface area contributed by atoms with E-state index >= 15 is 0 Å². The molecule has 0 fully saturated rings. The molecule has 0 aromatic heterocycles. The van der Waals surface area contributed by atoms with Crippen molar-refractivity contribution in [3.63, 3.8) is 0 Å². The average Bonchev–Trinajstić information content (AvgIpc) is 2.03. The second kappa shape index (κ2) is 4.78. The molecular formula is C11H24N2O. The molecule has 0 aliphatic rings. The number of aliphatic hydroxyl groups is 1. The van der Waals surface area contributed by atoms with E-state index in [9.17, 15) is 5.11 Å². The molecule has 0 unspecified atom stereocenters. The quantitative estimate of drug-likeness (QED) is 0.555. The maximum atomic E-state index is 10.6. The van der Waals surface area contributed by atoms with Gasteiger partial charge < -0.3 is 10.0 Å². The maximum absolute atomic E-state index is 10.6. The molecule has 0 saturated heterocycles. The first-order valence-corrected chi connectivity index (χ1v) is 5.15. The lowest BCUT2D eigenvalue weighted by Crippen LogP contribution is -2.53. The van der Waals surface area contributed by atoms with Gasteiger partial charge in [0.1, 0.15) is 11.4 Å². The monoisotopic (exact) mass is 200 g/mol. The molecule has 3 heteroatoms. The Hall–Kier alpha value is -0.570. The molecule has 0 amide bonds. The zero-order valence-corrected chi connectivity index (χ0v) is 10.5. The van der Waals surface area contributed by atoms with Crippen molar-refractivity contribution in [2.75, 3.05) is 21.1 Å². The molecule has 84 valence electrons. The van der Waals surface area contributed by atoms with Crippen molar-refractivity contribution < 1.29 is 5.11 Å². The van der Waals surface area contributed by atoms with Gasteiger partial charge in [-0.25, -0.2) is 0 Å². The summed E-state index contributed by atoms with van der Waals surface area (Å²) in [7, 11) is 5.56. The Morgan fingerprint density at radius 3 is 1.57 bits per heavy atom. The number of hydrogen-bond acceptors (Lipinski definition) is 2. The molecule has 3 nitrogen and oxygen atoms in total. The van der Waals surface area contributed by atoms with Gasteiger partial charge in [-0.1, -0.05) is 27.7 Å². The van der Waals surface area contributed by atoms with E-state index in [0.717, 1.165) is 5.84 Å². The third kappa shape index (κ3) is 2.27. The van der Waals surface area contributed by atoms with Crippen LogP contribution >= 0.6 is 0 Å². The molecular weight excluding hydrogens is 176 g/mol. The van der Waals surface area contributed by atoms with E-state index in [2.05, 4.69) is 4.99 Å². The van der Waals surface area contributed by atoms with Gasteiger partial charge in [-0.2, -0.15) is 0 Å². The lowest BCUT2D eigenvalue weighted by molar-refractivity contribution is 0.0105. The Morgan fingerprint density at radius 1 is 1.14 bits per heavy atom. The van der Waals surface area contributed by atoms with Gasteiger partial charge in [-0.05, 0) is 11.8 Å². The molecule has 0 saturated carbocycles. The van der Waals surface area contributed by atoms with Gasteiger partial charge in [0, 0.05) is 21.1 Å². The zero-order chi connectivity index (χ0) is 11.5. The van der Waals surface area contributed by atoms with Crippen molar-refractivity contribution in [2.24, 2.45) is 16.8 Å². The maximum Gasteiger partial charge on any atom is 0.131 e. The van der Waals surface area contributed by atoms with Gasteiger partial charge >= 0.3 is 0 Å². The highest BCUT2D eigenvalue weighted by Gasteiger charge is 2.40. The number of amidine groups is 1. The standard InChI is InChI=1S/C11H24N2O/c1-8(2)11(14,9(3)4)10(12-5)13(6)7/h8-9,14H,1-7H3. The number of hydrogen-bond donors (Lipinski definition) is 1. The van der Waals surface area contributed by atoms with Crippen LogP contribution in [0.1, 0.15) is 27.7 Å². The molecule has 0 radical (unpaired) electrons. The smallest absolute Gasteiger partial charge is 0.131 e. The Balaban J connectivity index is 5.20. The van der Waals surface area contributed by atoms with Crippen molar-refractivity contribution in [3.05, 3.63) is 0 Å². The van der Waals surface area contributed by atoms with Crippen molar-refractivity contribution in [1.82, 2.24) is 4.90 Å². The van der Waals surface area contributed by atoms with E-state index in [0.29, 0.717) is 0 Å². The van der Waals surface area contributed by atoms with Crippen LogP contribution in [0.5, 0.6) is 0 Å². The molecule has 0 aliphatic heterocycles. The Morgan fingerprint density at radius 2 is 1.50 bits per heavy atom. The molecule has 0 rings (SSSR count). The lowest BCUT2D eigenvalue weighted by atomic mass is 9.79. The van der Waals surface area contributed by atoms with Crippen LogP contribution in [0.4, 0.5) is 0 Å². The van der Waals surface area contributed by atoms with Crippen LogP contribution in [0.2, 0.25) is 0 Å². The SMILES string of the molecule is CN=C(N(C)C)C(O)(C(C)C)C(C)C. The number of aliphatic imine (C=N–C) groups is 1. The fraction of sp³-hybridized carbons (Fsp3) is 0.909. The highest BCUT2D eigenvalue weighted by atomic mass is 16.3. The fourth-order valence-corrected chi connectivity index (χ4v) is 1.92. The molecule has 0 aliphatic carbocycles. The third-order valence-electron chi connectivity index (χ3n) is 2.75. The zero-order valence-electron chi connectivity index (χ0n) is 10.5. The largest absolute Gasteiger partial charge is 0.381 e. The Labute approximate surface area is 87.8 Å². The molecule has 14 heavy (non-hydrogen) atoms. The highest BCUT2D eigenvalue weighted by Crippen LogP contribution is 2.28. The predicted octanol–water partition coefficient (Wildman–Crippen LogP) is 1.62. The summed E-state index contributed by atoms with van der Waals surface area (Å²) in [5.41, 5.74) is -0.835. The van der Waals surface area contributed by atoms with Crippen LogP contribution in [0.3, 0.4) is 0 Å². The summed E-state index contributed by atoms with van der Waals surface area (Å²) in [6, 6.07) is 0. The van der Waals surface area contributed by atoms with Crippen LogP contribution in [0.15, 0.2) is 4.99 Å². The predicted molar refractivity (Wildman–Crippen MR) is 61.7 cm³/mol. The van der Waals surface area contributed by atoms with E-state index in [1.54, 1.807) is 7.05 Å². The van der Waals surface area contributed by atoms with Crippen molar-refractivity contribution in [2.45, 2.75) is 33.3 Å². The Bertz CT molecular complexity index is 199. The molecule has 0 aromatic carbocycles. The minimum absolute atomic E-state index is 0.156. The molecule has 1 N–H and O–H groups in total. The van der Waals surface area contributed by atoms with Gasteiger partial charge in [-0.3, -0.25) is 4.99 Å². The second-order valence-electron chi connectivity index (χ2n) is 4.58. The first-order valence-electron chi connectivity index (χ1n) is 5.15. The average molecular weight is 200 g/mol. The minimum Gasteiger partial charge on any atom is -0.381 e. The lowest BCUT2D eigenvalue weighted by Gasteiger charge is -2.39. The van der Waals surface area contributed by atoms with Gasteiger partial charge in [0.25, 0.3) is 0 Å². The molecule has 0 aromatic rings. The Kier molecular flexibility index (Phi) is 4.59. The minimum atomic E-state index is -0.835. The van der Waals surface area contributed by atoms with E-state index in [1.165, 1.54) is 0 Å². The summed E-state index contributed by atoms with van der Waals surface area (Å²) in [6.45, 7) is 8.09. The first kappa shape index (κ1) is 13.4. The van der Waals surface area contributed by atoms with Gasteiger partial charge in [-0.15, -0.1) is 0 Å². The van der Waals surface area contributed by atoms with Crippen LogP contribution < -0.4 is 0 Å². The summed E-state index contributed by atoms with van der Waals surface area (Å²) in [5, 5.41) is 10.6. The van der Waals surface area contributed by atoms with Crippen LogP contribution in [0.25, 0.3) is 0 Å². The molecule has 0 spiro atoms. The molecule has 0 bridgehead atoms. The van der Waals surface area contributed by atoms with Crippen molar-refractivity contribution >= 4 is 5.84 Å². The first-order chi connectivity index (χ1) is 6.28. The van der Waals surface area contributed by atoms with Crippen LogP contribution in [0, 0.1) is 11.8 Å². The van der Waals surface area contributed by atoms with Gasteiger partial charge in [0.15, 0.2) is 0 Å². The van der Waals surface area contributed by atoms with Crippen LogP contribution in [-0.2, 0) is 0 Å². The summed E-state index contributed by atoms with van der Waals surface area (Å²) in [4.78, 5) is 6.08. The van der Waals surface area contributed by atoms with Gasteiger partial charge in [0.2, 0.25) is 0 Å². The number of likely N-dealkylation sites (N-methyl/N-ethyl adjacent to an activating group) is 1.